The number of hydrogen-bond acceptors (Lipinski definition) is 4. The maximum atomic E-state index is 11.8. The highest BCUT2D eigenvalue weighted by Gasteiger charge is 2.41. The van der Waals surface area contributed by atoms with E-state index in [9.17, 15) is 18.3 Å². The van der Waals surface area contributed by atoms with Gasteiger partial charge in [-0.3, -0.25) is 4.79 Å². The van der Waals surface area contributed by atoms with Crippen molar-refractivity contribution >= 4 is 15.8 Å². The van der Waals surface area contributed by atoms with Crippen molar-refractivity contribution in [3.8, 4) is 0 Å². The molecule has 20 heavy (non-hydrogen) atoms. The minimum atomic E-state index is -2.99. The van der Waals surface area contributed by atoms with Crippen LogP contribution in [0.3, 0.4) is 0 Å². The van der Waals surface area contributed by atoms with Gasteiger partial charge in [-0.2, -0.15) is 0 Å². The molecule has 5 nitrogen and oxygen atoms in total. The first kappa shape index (κ1) is 17.4. The second-order valence-corrected chi connectivity index (χ2v) is 8.17. The van der Waals surface area contributed by atoms with E-state index in [1.165, 1.54) is 0 Å². The monoisotopic (exact) mass is 305 g/mol. The summed E-state index contributed by atoms with van der Waals surface area (Å²) in [6.07, 6.45) is 3.68. The number of carboxylic acids is 1. The molecule has 0 aromatic carbocycles. The summed E-state index contributed by atoms with van der Waals surface area (Å²) in [7, 11) is -2.99. The van der Waals surface area contributed by atoms with Crippen LogP contribution in [0.4, 0.5) is 0 Å². The maximum Gasteiger partial charge on any atom is 0.310 e. The summed E-state index contributed by atoms with van der Waals surface area (Å²) in [5.74, 6) is -0.372. The molecule has 1 rings (SSSR count). The molecule has 0 amide bonds. The van der Waals surface area contributed by atoms with Gasteiger partial charge >= 0.3 is 5.97 Å². The molecule has 0 bridgehead atoms. The van der Waals surface area contributed by atoms with Crippen LogP contribution in [0.25, 0.3) is 0 Å². The van der Waals surface area contributed by atoms with Gasteiger partial charge in [0.05, 0.1) is 11.2 Å². The molecule has 1 aliphatic heterocycles. The predicted molar refractivity (Wildman–Crippen MR) is 79.6 cm³/mol. The highest BCUT2D eigenvalue weighted by Crippen LogP contribution is 2.34. The van der Waals surface area contributed by atoms with Crippen molar-refractivity contribution in [1.82, 2.24) is 4.90 Å². The molecule has 1 atom stereocenters. The molecule has 0 saturated carbocycles. The van der Waals surface area contributed by atoms with Crippen molar-refractivity contribution in [3.05, 3.63) is 0 Å². The molecule has 6 heteroatoms. The number of piperidine rings is 1. The molecule has 1 N–H and O–H groups in total. The van der Waals surface area contributed by atoms with Gasteiger partial charge in [0.2, 0.25) is 0 Å². The van der Waals surface area contributed by atoms with Gasteiger partial charge in [0.15, 0.2) is 9.84 Å². The Morgan fingerprint density at radius 1 is 1.25 bits per heavy atom. The van der Waals surface area contributed by atoms with E-state index in [2.05, 4.69) is 0 Å². The lowest BCUT2D eigenvalue weighted by Crippen LogP contribution is -2.49. The fraction of sp³-hybridized carbons (Fsp3) is 0.929. The van der Waals surface area contributed by atoms with Crippen LogP contribution in [0, 0.1) is 5.41 Å². The highest BCUT2D eigenvalue weighted by atomic mass is 32.2. The molecular weight excluding hydrogens is 278 g/mol. The Balaban J connectivity index is 2.62. The molecule has 0 radical (unpaired) electrons. The fourth-order valence-corrected chi connectivity index (χ4v) is 4.43. The SMILES string of the molecule is CCCC1(C(=O)O)CCCN(CCS(=O)(=O)CCC)C1. The normalized spacial score (nSPS) is 24.7. The predicted octanol–water partition coefficient (Wildman–Crippen LogP) is 1.78. The van der Waals surface area contributed by atoms with Gasteiger partial charge < -0.3 is 10.0 Å². The number of aliphatic carboxylic acids is 1. The van der Waals surface area contributed by atoms with Gasteiger partial charge in [-0.15, -0.1) is 0 Å². The summed E-state index contributed by atoms with van der Waals surface area (Å²) in [5.41, 5.74) is -0.679. The van der Waals surface area contributed by atoms with E-state index in [4.69, 9.17) is 0 Å². The van der Waals surface area contributed by atoms with Crippen LogP contribution >= 0.6 is 0 Å². The maximum absolute atomic E-state index is 11.8. The Bertz CT molecular complexity index is 417. The van der Waals surface area contributed by atoms with Crippen molar-refractivity contribution in [3.63, 3.8) is 0 Å². The van der Waals surface area contributed by atoms with E-state index in [1.807, 2.05) is 18.7 Å². The molecule has 1 fully saturated rings. The third-order valence-corrected chi connectivity index (χ3v) is 5.91. The molecular formula is C14H27NO4S. The Morgan fingerprint density at radius 3 is 2.50 bits per heavy atom. The minimum absolute atomic E-state index is 0.142. The summed E-state index contributed by atoms with van der Waals surface area (Å²) in [4.78, 5) is 13.6. The third kappa shape index (κ3) is 4.74. The van der Waals surface area contributed by atoms with Gasteiger partial charge in [0, 0.05) is 18.8 Å². The van der Waals surface area contributed by atoms with Crippen molar-refractivity contribution < 1.29 is 18.3 Å². The molecule has 0 aliphatic carbocycles. The van der Waals surface area contributed by atoms with Crippen molar-refractivity contribution in [2.75, 3.05) is 31.1 Å². The van der Waals surface area contributed by atoms with Crippen LogP contribution in [0.15, 0.2) is 0 Å². The average molecular weight is 305 g/mol. The third-order valence-electron chi connectivity index (χ3n) is 4.07. The zero-order valence-corrected chi connectivity index (χ0v) is 13.4. The Morgan fingerprint density at radius 2 is 1.95 bits per heavy atom. The fourth-order valence-electron chi connectivity index (χ4n) is 3.06. The number of sulfone groups is 1. The molecule has 1 unspecified atom stereocenters. The van der Waals surface area contributed by atoms with Crippen LogP contribution in [0.5, 0.6) is 0 Å². The Kier molecular flexibility index (Phi) is 6.45. The zero-order chi connectivity index (χ0) is 15.2. The summed E-state index contributed by atoms with van der Waals surface area (Å²) >= 11 is 0. The molecule has 1 aliphatic rings. The van der Waals surface area contributed by atoms with Crippen molar-refractivity contribution in [2.45, 2.75) is 46.0 Å². The lowest BCUT2D eigenvalue weighted by Gasteiger charge is -2.39. The number of carbonyl (C=O) groups is 1. The number of nitrogens with zero attached hydrogens (tertiary/aromatic N) is 1. The zero-order valence-electron chi connectivity index (χ0n) is 12.6. The highest BCUT2D eigenvalue weighted by molar-refractivity contribution is 7.91. The molecule has 1 heterocycles. The van der Waals surface area contributed by atoms with Crippen molar-refractivity contribution in [2.24, 2.45) is 5.41 Å². The summed E-state index contributed by atoms with van der Waals surface area (Å²) in [6.45, 7) is 5.60. The summed E-state index contributed by atoms with van der Waals surface area (Å²) < 4.78 is 23.5. The Labute approximate surface area is 122 Å². The summed E-state index contributed by atoms with van der Waals surface area (Å²) in [6, 6.07) is 0. The van der Waals surface area contributed by atoms with Gasteiger partial charge in [-0.05, 0) is 32.2 Å². The first-order chi connectivity index (χ1) is 9.35. The van der Waals surface area contributed by atoms with Gasteiger partial charge in [-0.1, -0.05) is 20.3 Å². The molecule has 0 aromatic heterocycles. The second kappa shape index (κ2) is 7.41. The first-order valence-electron chi connectivity index (χ1n) is 7.51. The summed E-state index contributed by atoms with van der Waals surface area (Å²) in [5, 5.41) is 9.51. The van der Waals surface area contributed by atoms with Crippen LogP contribution in [0.2, 0.25) is 0 Å². The van der Waals surface area contributed by atoms with E-state index < -0.39 is 21.2 Å². The average Bonchev–Trinajstić information content (AvgIpc) is 2.37. The molecule has 118 valence electrons. The van der Waals surface area contributed by atoms with E-state index in [0.29, 0.717) is 32.4 Å². The van der Waals surface area contributed by atoms with Crippen LogP contribution in [-0.2, 0) is 14.6 Å². The Hall–Kier alpha value is -0.620. The molecule has 0 spiro atoms. The van der Waals surface area contributed by atoms with E-state index in [0.717, 1.165) is 19.4 Å². The van der Waals surface area contributed by atoms with Crippen LogP contribution in [0.1, 0.15) is 46.0 Å². The van der Waals surface area contributed by atoms with E-state index >= 15 is 0 Å². The minimum Gasteiger partial charge on any atom is -0.481 e. The first-order valence-corrected chi connectivity index (χ1v) is 9.33. The number of rotatable bonds is 8. The van der Waals surface area contributed by atoms with Gasteiger partial charge in [0.1, 0.15) is 0 Å². The standard InChI is InChI=1S/C14H27NO4S/c1-3-6-14(13(16)17)7-5-8-15(12-14)9-11-20(18,19)10-4-2/h3-12H2,1-2H3,(H,16,17). The van der Waals surface area contributed by atoms with E-state index in [1.54, 1.807) is 0 Å². The number of carboxylic acid groups (broad SMARTS) is 1. The topological polar surface area (TPSA) is 74.7 Å². The molecule has 1 saturated heterocycles. The number of likely N-dealkylation sites (tertiary alicyclic amines) is 1. The molecule has 0 aromatic rings. The van der Waals surface area contributed by atoms with Crippen LogP contribution in [-0.4, -0.2) is 55.5 Å². The smallest absolute Gasteiger partial charge is 0.310 e. The lowest BCUT2D eigenvalue weighted by atomic mass is 9.76. The quantitative estimate of drug-likeness (QED) is 0.740. The van der Waals surface area contributed by atoms with E-state index in [-0.39, 0.29) is 11.5 Å². The van der Waals surface area contributed by atoms with Crippen molar-refractivity contribution in [1.29, 1.82) is 0 Å². The number of hydrogen-bond donors (Lipinski definition) is 1. The van der Waals surface area contributed by atoms with Gasteiger partial charge in [-0.25, -0.2) is 8.42 Å². The van der Waals surface area contributed by atoms with Crippen LogP contribution < -0.4 is 0 Å². The largest absolute Gasteiger partial charge is 0.481 e. The second-order valence-electron chi connectivity index (χ2n) is 5.87. The van der Waals surface area contributed by atoms with Gasteiger partial charge in [0.25, 0.3) is 0 Å². The lowest BCUT2D eigenvalue weighted by molar-refractivity contribution is -0.153.